The van der Waals surface area contributed by atoms with Gasteiger partial charge in [0.2, 0.25) is 11.8 Å². The molecule has 9 heteroatoms. The van der Waals surface area contributed by atoms with E-state index >= 15 is 0 Å². The zero-order valence-corrected chi connectivity index (χ0v) is 24.1. The van der Waals surface area contributed by atoms with Crippen LogP contribution < -0.4 is 9.62 Å². The number of nitrogens with one attached hydrogen (secondary N) is 1. The zero-order chi connectivity index (χ0) is 27.9. The van der Waals surface area contributed by atoms with Gasteiger partial charge in [0, 0.05) is 26.7 Å². The van der Waals surface area contributed by atoms with Crippen LogP contribution in [0.2, 0.25) is 0 Å². The van der Waals surface area contributed by atoms with Gasteiger partial charge in [0.25, 0.3) is 0 Å². The summed E-state index contributed by atoms with van der Waals surface area (Å²) in [6, 6.07) is 14.8. The summed E-state index contributed by atoms with van der Waals surface area (Å²) in [5, 5.41) is 3.14. The summed E-state index contributed by atoms with van der Waals surface area (Å²) in [6.45, 7) is 5.52. The molecule has 0 saturated heterocycles. The van der Waals surface area contributed by atoms with E-state index in [9.17, 15) is 18.0 Å². The molecule has 38 heavy (non-hydrogen) atoms. The van der Waals surface area contributed by atoms with Gasteiger partial charge in [-0.2, -0.15) is 12.7 Å². The van der Waals surface area contributed by atoms with Crippen LogP contribution in [0.3, 0.4) is 0 Å². The lowest BCUT2D eigenvalue weighted by molar-refractivity contribution is -0.139. The van der Waals surface area contributed by atoms with Crippen molar-refractivity contribution in [3.8, 4) is 0 Å². The number of anilines is 1. The van der Waals surface area contributed by atoms with Gasteiger partial charge in [-0.1, -0.05) is 62.2 Å². The van der Waals surface area contributed by atoms with Gasteiger partial charge in [-0.25, -0.2) is 4.31 Å². The summed E-state index contributed by atoms with van der Waals surface area (Å²) in [6.07, 6.45) is 5.06. The summed E-state index contributed by atoms with van der Waals surface area (Å²) in [4.78, 5) is 28.9. The summed E-state index contributed by atoms with van der Waals surface area (Å²) >= 11 is 0. The third-order valence-electron chi connectivity index (χ3n) is 7.22. The molecule has 0 aromatic heterocycles. The molecule has 8 nitrogen and oxygen atoms in total. The number of hydrogen-bond donors (Lipinski definition) is 1. The molecule has 0 heterocycles. The van der Waals surface area contributed by atoms with Crippen LogP contribution in [0.15, 0.2) is 48.5 Å². The topological polar surface area (TPSA) is 90.0 Å². The number of benzene rings is 2. The van der Waals surface area contributed by atoms with Gasteiger partial charge in [0.05, 0.1) is 5.69 Å². The van der Waals surface area contributed by atoms with Crippen LogP contribution in [0.1, 0.15) is 55.7 Å². The van der Waals surface area contributed by atoms with E-state index in [4.69, 9.17) is 0 Å². The quantitative estimate of drug-likeness (QED) is 0.442. The Bertz CT molecular complexity index is 1190. The molecule has 1 atom stereocenters. The Morgan fingerprint density at radius 3 is 2.29 bits per heavy atom. The first-order valence-electron chi connectivity index (χ1n) is 13.5. The Kier molecular flexibility index (Phi) is 10.3. The number of hydrogen-bond acceptors (Lipinski definition) is 4. The Balaban J connectivity index is 1.95. The summed E-state index contributed by atoms with van der Waals surface area (Å²) < 4.78 is 29.1. The molecule has 2 amide bonds. The standard InChI is InChI=1S/C29H42N4O4S/c1-6-26(29(35)30-25-14-10-11-15-25)32(19-18-24-12-8-7-9-13-24)28(34)21-33(38(36,37)31(4)5)27-20-22(2)16-17-23(27)3/h7-9,12-13,16-17,20,25-26H,6,10-11,14-15,18-19,21H2,1-5H3,(H,30,35)/t26-/m1/s1. The van der Waals surface area contributed by atoms with E-state index in [1.165, 1.54) is 14.1 Å². The minimum Gasteiger partial charge on any atom is -0.352 e. The van der Waals surface area contributed by atoms with Crippen molar-refractivity contribution in [3.63, 3.8) is 0 Å². The maximum absolute atomic E-state index is 14.0. The number of carbonyl (C=O) groups excluding carboxylic acids is 2. The number of amides is 2. The molecule has 1 aliphatic rings. The third-order valence-corrected chi connectivity index (χ3v) is 9.03. The van der Waals surface area contributed by atoms with Gasteiger partial charge in [0.15, 0.2) is 0 Å². The molecule has 0 bridgehead atoms. The summed E-state index contributed by atoms with van der Waals surface area (Å²) in [5.41, 5.74) is 3.14. The molecule has 1 fully saturated rings. The van der Waals surface area contributed by atoms with Crippen molar-refractivity contribution in [2.24, 2.45) is 0 Å². The Labute approximate surface area is 228 Å². The smallest absolute Gasteiger partial charge is 0.304 e. The minimum atomic E-state index is -3.98. The minimum absolute atomic E-state index is 0.128. The van der Waals surface area contributed by atoms with Crippen molar-refractivity contribution in [3.05, 3.63) is 65.2 Å². The molecule has 0 aliphatic heterocycles. The fourth-order valence-electron chi connectivity index (χ4n) is 4.95. The normalized spacial score (nSPS) is 14.9. The molecular weight excluding hydrogens is 500 g/mol. The maximum atomic E-state index is 14.0. The van der Waals surface area contributed by atoms with Gasteiger partial charge in [0.1, 0.15) is 12.6 Å². The number of aryl methyl sites for hydroxylation is 2. The first-order valence-corrected chi connectivity index (χ1v) is 14.9. The molecule has 1 N–H and O–H groups in total. The Morgan fingerprint density at radius 2 is 1.68 bits per heavy atom. The van der Waals surface area contributed by atoms with Crippen molar-refractivity contribution in [2.45, 2.75) is 71.4 Å². The zero-order valence-electron chi connectivity index (χ0n) is 23.3. The molecule has 2 aromatic rings. The predicted octanol–water partition coefficient (Wildman–Crippen LogP) is 3.82. The van der Waals surface area contributed by atoms with Crippen LogP contribution in [0.5, 0.6) is 0 Å². The van der Waals surface area contributed by atoms with Crippen molar-refractivity contribution in [1.82, 2.24) is 14.5 Å². The highest BCUT2D eigenvalue weighted by Crippen LogP contribution is 2.26. The lowest BCUT2D eigenvalue weighted by Crippen LogP contribution is -2.55. The van der Waals surface area contributed by atoms with E-state index in [0.717, 1.165) is 51.0 Å². The summed E-state index contributed by atoms with van der Waals surface area (Å²) in [5.74, 6) is -0.574. The molecule has 0 radical (unpaired) electrons. The second-order valence-electron chi connectivity index (χ2n) is 10.3. The highest BCUT2D eigenvalue weighted by atomic mass is 32.2. The van der Waals surface area contributed by atoms with Crippen molar-refractivity contribution in [2.75, 3.05) is 31.5 Å². The first kappa shape index (κ1) is 29.6. The van der Waals surface area contributed by atoms with E-state index in [1.807, 2.05) is 63.2 Å². The van der Waals surface area contributed by atoms with Crippen molar-refractivity contribution >= 4 is 27.7 Å². The van der Waals surface area contributed by atoms with Crippen molar-refractivity contribution in [1.29, 1.82) is 0 Å². The lowest BCUT2D eigenvalue weighted by Gasteiger charge is -2.34. The van der Waals surface area contributed by atoms with E-state index in [-0.39, 0.29) is 11.9 Å². The second-order valence-corrected chi connectivity index (χ2v) is 12.4. The fraction of sp³-hybridized carbons (Fsp3) is 0.517. The van der Waals surface area contributed by atoms with Crippen LogP contribution in [0, 0.1) is 13.8 Å². The van der Waals surface area contributed by atoms with Gasteiger partial charge < -0.3 is 10.2 Å². The molecule has 2 aromatic carbocycles. The van der Waals surface area contributed by atoms with Gasteiger partial charge in [-0.3, -0.25) is 9.59 Å². The van der Waals surface area contributed by atoms with E-state index < -0.39 is 28.7 Å². The number of carbonyl (C=O) groups is 2. The largest absolute Gasteiger partial charge is 0.352 e. The lowest BCUT2D eigenvalue weighted by atomic mass is 10.1. The van der Waals surface area contributed by atoms with Crippen LogP contribution in [-0.4, -0.2) is 68.7 Å². The van der Waals surface area contributed by atoms with Crippen LogP contribution in [0.4, 0.5) is 5.69 Å². The van der Waals surface area contributed by atoms with E-state index in [2.05, 4.69) is 5.32 Å². The highest BCUT2D eigenvalue weighted by molar-refractivity contribution is 7.90. The van der Waals surface area contributed by atoms with Gasteiger partial charge >= 0.3 is 10.2 Å². The van der Waals surface area contributed by atoms with Gasteiger partial charge in [-0.05, 0) is 62.3 Å². The molecular formula is C29H42N4O4S. The van der Waals surface area contributed by atoms with E-state index in [0.29, 0.717) is 25.1 Å². The second kappa shape index (κ2) is 13.2. The molecule has 0 unspecified atom stereocenters. The molecule has 0 spiro atoms. The number of nitrogens with zero attached hydrogens (tertiary/aromatic N) is 3. The van der Waals surface area contributed by atoms with Gasteiger partial charge in [-0.15, -0.1) is 0 Å². The SMILES string of the molecule is CC[C@H](C(=O)NC1CCCC1)N(CCc1ccccc1)C(=O)CN(c1cc(C)ccc1C)S(=O)(=O)N(C)C. The Hall–Kier alpha value is -2.91. The average Bonchev–Trinajstić information content (AvgIpc) is 3.39. The molecule has 3 rings (SSSR count). The predicted molar refractivity (Wildman–Crippen MR) is 152 cm³/mol. The maximum Gasteiger partial charge on any atom is 0.304 e. The Morgan fingerprint density at radius 1 is 1.03 bits per heavy atom. The fourth-order valence-corrected chi connectivity index (χ4v) is 6.07. The molecule has 1 saturated carbocycles. The van der Waals surface area contributed by atoms with Crippen LogP contribution in [-0.2, 0) is 26.2 Å². The third kappa shape index (κ3) is 7.35. The monoisotopic (exact) mass is 542 g/mol. The molecule has 1 aliphatic carbocycles. The number of rotatable bonds is 12. The van der Waals surface area contributed by atoms with Crippen LogP contribution in [0.25, 0.3) is 0 Å². The first-order chi connectivity index (χ1) is 18.0. The summed E-state index contributed by atoms with van der Waals surface area (Å²) in [7, 11) is -1.07. The van der Waals surface area contributed by atoms with Crippen molar-refractivity contribution < 1.29 is 18.0 Å². The van der Waals surface area contributed by atoms with E-state index in [1.54, 1.807) is 11.0 Å². The highest BCUT2D eigenvalue weighted by Gasteiger charge is 2.34. The molecule has 208 valence electrons. The van der Waals surface area contributed by atoms with Crippen LogP contribution >= 0.6 is 0 Å². The average molecular weight is 543 g/mol.